The first kappa shape index (κ1) is 7.91. The smallest absolute Gasteiger partial charge is 0.0456 e. The summed E-state index contributed by atoms with van der Waals surface area (Å²) in [5, 5.41) is 1.14. The van der Waals surface area contributed by atoms with Gasteiger partial charge in [-0.15, -0.1) is 0 Å². The Balaban J connectivity index is 1.87. The van der Waals surface area contributed by atoms with E-state index in [4.69, 9.17) is 2.74 Å². The number of nitrogens with zero attached hydrogens (tertiary/aromatic N) is 1. The van der Waals surface area contributed by atoms with Crippen molar-refractivity contribution in [2.75, 3.05) is 19.6 Å². The molecule has 16 heavy (non-hydrogen) atoms. The maximum atomic E-state index is 8.25. The van der Waals surface area contributed by atoms with E-state index in [-0.39, 0.29) is 0 Å². The van der Waals surface area contributed by atoms with E-state index in [1.54, 1.807) is 0 Å². The van der Waals surface area contributed by atoms with Gasteiger partial charge in [-0.1, -0.05) is 18.2 Å². The first-order valence-corrected chi connectivity index (χ1v) is 5.97. The van der Waals surface area contributed by atoms with Crippen LogP contribution in [0, 0.1) is 0 Å². The van der Waals surface area contributed by atoms with Gasteiger partial charge in [0, 0.05) is 26.3 Å². The number of fused-ring (bicyclic) bond motifs is 1. The highest BCUT2D eigenvalue weighted by Crippen LogP contribution is 2.19. The standard InChI is InChI=1S/C14H18N2/c1-2-6-14-13(5-1)12(11-15-14)7-10-16-8-3-4-9-16/h1-2,5-6,11,15H,3-4,7-10H2/i10D2. The summed E-state index contributed by atoms with van der Waals surface area (Å²) in [6.45, 7) is 0.534. The van der Waals surface area contributed by atoms with Crippen molar-refractivity contribution in [2.24, 2.45) is 0 Å². The van der Waals surface area contributed by atoms with E-state index >= 15 is 0 Å². The summed E-state index contributed by atoms with van der Waals surface area (Å²) in [6, 6.07) is 8.09. The van der Waals surface area contributed by atoms with Crippen LogP contribution in [0.1, 0.15) is 21.1 Å². The maximum absolute atomic E-state index is 8.25. The quantitative estimate of drug-likeness (QED) is 0.836. The molecule has 0 saturated carbocycles. The van der Waals surface area contributed by atoms with E-state index in [2.05, 4.69) is 11.1 Å². The largest absolute Gasteiger partial charge is 0.361 e. The molecule has 2 nitrogen and oxygen atoms in total. The first-order valence-electron chi connectivity index (χ1n) is 6.97. The molecular formula is C14H18N2. The molecule has 0 spiro atoms. The Morgan fingerprint density at radius 1 is 1.25 bits per heavy atom. The third-order valence-electron chi connectivity index (χ3n) is 3.27. The van der Waals surface area contributed by atoms with Gasteiger partial charge < -0.3 is 9.88 Å². The molecular weight excluding hydrogens is 196 g/mol. The summed E-state index contributed by atoms with van der Waals surface area (Å²) in [6.07, 6.45) is 4.64. The Bertz CT molecular complexity index is 541. The van der Waals surface area contributed by atoms with Crippen LogP contribution in [0.25, 0.3) is 10.9 Å². The van der Waals surface area contributed by atoms with Gasteiger partial charge in [0.1, 0.15) is 0 Å². The predicted octanol–water partition coefficient (Wildman–Crippen LogP) is 2.81. The molecule has 2 aromatic rings. The Morgan fingerprint density at radius 2 is 2.06 bits per heavy atom. The van der Waals surface area contributed by atoms with Crippen LogP contribution in [0.5, 0.6) is 0 Å². The summed E-state index contributed by atoms with van der Waals surface area (Å²) in [5.74, 6) is 0. The lowest BCUT2D eigenvalue weighted by Crippen LogP contribution is -2.21. The average Bonchev–Trinajstić information content (AvgIpc) is 2.99. The van der Waals surface area contributed by atoms with Gasteiger partial charge in [0.25, 0.3) is 0 Å². The van der Waals surface area contributed by atoms with Crippen LogP contribution in [0.3, 0.4) is 0 Å². The van der Waals surface area contributed by atoms with E-state index in [9.17, 15) is 0 Å². The van der Waals surface area contributed by atoms with E-state index < -0.39 is 6.50 Å². The highest BCUT2D eigenvalue weighted by molar-refractivity contribution is 5.83. The van der Waals surface area contributed by atoms with E-state index in [0.717, 1.165) is 42.4 Å². The second kappa shape index (κ2) is 4.30. The molecule has 0 aliphatic carbocycles. The Labute approximate surface area is 99.1 Å². The SMILES string of the molecule is [2H]C([2H])(Cc1c[nH]c2ccccc12)N1CCCC1. The predicted molar refractivity (Wildman–Crippen MR) is 67.7 cm³/mol. The minimum Gasteiger partial charge on any atom is -0.361 e. The number of aryl methyl sites for hydroxylation is 1. The number of likely N-dealkylation sites (tertiary alicyclic amines) is 1. The molecule has 84 valence electrons. The van der Waals surface area contributed by atoms with Crippen LogP contribution in [-0.2, 0) is 6.42 Å². The van der Waals surface area contributed by atoms with Crippen molar-refractivity contribution in [2.45, 2.75) is 19.3 Å². The highest BCUT2D eigenvalue weighted by atomic mass is 15.1. The number of hydrogen-bond donors (Lipinski definition) is 1. The molecule has 1 aliphatic rings. The van der Waals surface area contributed by atoms with Gasteiger partial charge in [-0.3, -0.25) is 0 Å². The molecule has 1 aliphatic heterocycles. The third kappa shape index (κ3) is 1.85. The van der Waals surface area contributed by atoms with Crippen molar-refractivity contribution < 1.29 is 2.74 Å². The van der Waals surface area contributed by atoms with E-state index in [0.29, 0.717) is 6.42 Å². The van der Waals surface area contributed by atoms with Crippen LogP contribution in [0.2, 0.25) is 0 Å². The van der Waals surface area contributed by atoms with Crippen LogP contribution < -0.4 is 0 Å². The molecule has 1 aromatic carbocycles. The number of H-pyrrole nitrogens is 1. The maximum Gasteiger partial charge on any atom is 0.0456 e. The van der Waals surface area contributed by atoms with Gasteiger partial charge in [-0.05, 0) is 44.0 Å². The molecule has 0 radical (unpaired) electrons. The van der Waals surface area contributed by atoms with Gasteiger partial charge in [0.05, 0.1) is 0 Å². The molecule has 3 rings (SSSR count). The van der Waals surface area contributed by atoms with E-state index in [1.165, 1.54) is 0 Å². The van der Waals surface area contributed by atoms with Gasteiger partial charge in [0.2, 0.25) is 0 Å². The minimum atomic E-state index is -1.23. The fourth-order valence-electron chi connectivity index (χ4n) is 2.35. The fourth-order valence-corrected chi connectivity index (χ4v) is 2.35. The second-order valence-electron chi connectivity index (χ2n) is 4.39. The fraction of sp³-hybridized carbons (Fsp3) is 0.429. The lowest BCUT2D eigenvalue weighted by atomic mass is 10.1. The zero-order chi connectivity index (χ0) is 12.6. The van der Waals surface area contributed by atoms with Crippen molar-refractivity contribution in [1.82, 2.24) is 9.88 Å². The number of aromatic nitrogens is 1. The number of para-hydroxylation sites is 1. The number of hydrogen-bond acceptors (Lipinski definition) is 1. The van der Waals surface area contributed by atoms with Crippen LogP contribution in [0.4, 0.5) is 0 Å². The van der Waals surface area contributed by atoms with E-state index in [1.807, 2.05) is 29.3 Å². The van der Waals surface area contributed by atoms with Crippen molar-refractivity contribution >= 4 is 10.9 Å². The van der Waals surface area contributed by atoms with Crippen molar-refractivity contribution in [3.05, 3.63) is 36.0 Å². The molecule has 1 saturated heterocycles. The third-order valence-corrected chi connectivity index (χ3v) is 3.27. The topological polar surface area (TPSA) is 19.0 Å². The number of rotatable bonds is 3. The van der Waals surface area contributed by atoms with Gasteiger partial charge in [-0.2, -0.15) is 0 Å². The Kier molecular flexibility index (Phi) is 2.13. The van der Waals surface area contributed by atoms with Crippen molar-refractivity contribution in [1.29, 1.82) is 0 Å². The molecule has 0 unspecified atom stereocenters. The monoisotopic (exact) mass is 216 g/mol. The lowest BCUT2D eigenvalue weighted by molar-refractivity contribution is 0.344. The summed E-state index contributed by atoms with van der Waals surface area (Å²) < 4.78 is 16.5. The summed E-state index contributed by atoms with van der Waals surface area (Å²) >= 11 is 0. The van der Waals surface area contributed by atoms with Gasteiger partial charge >= 0.3 is 0 Å². The molecule has 1 fully saturated rings. The molecule has 0 bridgehead atoms. The normalized spacial score (nSPS) is 20.0. The number of nitrogens with one attached hydrogen (secondary N) is 1. The van der Waals surface area contributed by atoms with Gasteiger partial charge in [0.15, 0.2) is 0 Å². The molecule has 0 atom stereocenters. The summed E-state index contributed by atoms with van der Waals surface area (Å²) in [4.78, 5) is 5.18. The highest BCUT2D eigenvalue weighted by Gasteiger charge is 2.11. The Morgan fingerprint density at radius 3 is 2.94 bits per heavy atom. The van der Waals surface area contributed by atoms with Crippen LogP contribution in [-0.4, -0.2) is 29.5 Å². The van der Waals surface area contributed by atoms with Gasteiger partial charge in [-0.25, -0.2) is 0 Å². The zero-order valence-corrected chi connectivity index (χ0v) is 9.37. The molecule has 2 heteroatoms. The lowest BCUT2D eigenvalue weighted by Gasteiger charge is -2.13. The average molecular weight is 216 g/mol. The second-order valence-corrected chi connectivity index (χ2v) is 4.39. The summed E-state index contributed by atoms with van der Waals surface area (Å²) in [7, 11) is 0. The molecule has 0 amide bonds. The van der Waals surface area contributed by atoms with Crippen molar-refractivity contribution in [3.8, 4) is 0 Å². The molecule has 1 N–H and O–H groups in total. The first-order chi connectivity index (χ1) is 8.67. The van der Waals surface area contributed by atoms with Crippen LogP contribution in [0.15, 0.2) is 30.5 Å². The molecule has 1 aromatic heterocycles. The zero-order valence-electron chi connectivity index (χ0n) is 11.4. The van der Waals surface area contributed by atoms with Crippen LogP contribution >= 0.6 is 0 Å². The number of benzene rings is 1. The summed E-state index contributed by atoms with van der Waals surface area (Å²) in [5.41, 5.74) is 2.16. The molecule has 2 heterocycles. The minimum absolute atomic E-state index is 0.455. The Hall–Kier alpha value is -1.28. The number of aromatic amines is 1. The van der Waals surface area contributed by atoms with Crippen molar-refractivity contribution in [3.63, 3.8) is 0 Å².